The zero-order valence-electron chi connectivity index (χ0n) is 8.98. The molecular formula is C13H13NO2. The molecule has 0 bridgehead atoms. The first kappa shape index (κ1) is 10.7. The van der Waals surface area contributed by atoms with Gasteiger partial charge in [0.25, 0.3) is 5.91 Å². The summed E-state index contributed by atoms with van der Waals surface area (Å²) in [5.41, 5.74) is 0.980. The first-order chi connectivity index (χ1) is 7.77. The van der Waals surface area contributed by atoms with E-state index in [-0.39, 0.29) is 11.7 Å². The maximum atomic E-state index is 11.7. The van der Waals surface area contributed by atoms with Gasteiger partial charge in [-0.3, -0.25) is 9.59 Å². The van der Waals surface area contributed by atoms with Crippen LogP contribution in [0.2, 0.25) is 0 Å². The molecule has 0 radical (unpaired) electrons. The van der Waals surface area contributed by atoms with Crippen molar-refractivity contribution < 1.29 is 9.59 Å². The van der Waals surface area contributed by atoms with Crippen molar-refractivity contribution in [2.24, 2.45) is 4.99 Å². The van der Waals surface area contributed by atoms with E-state index in [0.29, 0.717) is 24.1 Å². The number of ketones is 1. The van der Waals surface area contributed by atoms with E-state index in [1.807, 2.05) is 6.07 Å². The number of benzene rings is 1. The number of Topliss-reactive ketones (excluding diaryl/α,β-unsaturated/α-hetero) is 1. The molecule has 3 nitrogen and oxygen atoms in total. The van der Waals surface area contributed by atoms with E-state index in [9.17, 15) is 9.59 Å². The summed E-state index contributed by atoms with van der Waals surface area (Å²) >= 11 is 0. The van der Waals surface area contributed by atoms with Crippen molar-refractivity contribution in [3.63, 3.8) is 0 Å². The first-order valence-electron chi connectivity index (χ1n) is 5.47. The normalized spacial score (nSPS) is 18.8. The van der Waals surface area contributed by atoms with Crippen molar-refractivity contribution in [3.8, 4) is 0 Å². The molecule has 0 unspecified atom stereocenters. The van der Waals surface area contributed by atoms with Crippen LogP contribution < -0.4 is 0 Å². The van der Waals surface area contributed by atoms with Gasteiger partial charge < -0.3 is 0 Å². The molecule has 0 aliphatic heterocycles. The molecule has 0 N–H and O–H groups in total. The summed E-state index contributed by atoms with van der Waals surface area (Å²) in [6, 6.07) is 8.83. The molecule has 16 heavy (non-hydrogen) atoms. The number of hydrogen-bond donors (Lipinski definition) is 0. The molecule has 1 aliphatic rings. The third kappa shape index (κ3) is 2.42. The van der Waals surface area contributed by atoms with Gasteiger partial charge in [0.05, 0.1) is 5.71 Å². The van der Waals surface area contributed by atoms with Crippen LogP contribution in [0.3, 0.4) is 0 Å². The summed E-state index contributed by atoms with van der Waals surface area (Å²) in [6.07, 6.45) is 3.03. The van der Waals surface area contributed by atoms with E-state index >= 15 is 0 Å². The third-order valence-electron chi connectivity index (χ3n) is 2.65. The number of carbonyl (C=O) groups is 2. The lowest BCUT2D eigenvalue weighted by atomic mass is 9.97. The van der Waals surface area contributed by atoms with Crippen LogP contribution in [0.15, 0.2) is 35.3 Å². The van der Waals surface area contributed by atoms with Crippen molar-refractivity contribution in [1.29, 1.82) is 0 Å². The Morgan fingerprint density at radius 3 is 2.44 bits per heavy atom. The average molecular weight is 215 g/mol. The third-order valence-corrected chi connectivity index (χ3v) is 2.65. The molecule has 2 rings (SSSR count). The standard InChI is InChI=1S/C13H13NO2/c15-12-9-5-4-8-11(12)14-13(16)10-6-2-1-3-7-10/h1-3,6-7H,4-5,8-9H2/b14-11+. The molecule has 1 aromatic carbocycles. The zero-order chi connectivity index (χ0) is 11.4. The summed E-state index contributed by atoms with van der Waals surface area (Å²) in [5.74, 6) is -0.290. The monoisotopic (exact) mass is 215 g/mol. The highest BCUT2D eigenvalue weighted by atomic mass is 16.2. The zero-order valence-corrected chi connectivity index (χ0v) is 8.98. The summed E-state index contributed by atoms with van der Waals surface area (Å²) in [5, 5.41) is 0. The van der Waals surface area contributed by atoms with Crippen molar-refractivity contribution in [2.75, 3.05) is 0 Å². The molecule has 1 aromatic rings. The fourth-order valence-corrected chi connectivity index (χ4v) is 1.75. The summed E-state index contributed by atoms with van der Waals surface area (Å²) in [4.78, 5) is 27.1. The van der Waals surface area contributed by atoms with Gasteiger partial charge in [-0.15, -0.1) is 0 Å². The van der Waals surface area contributed by atoms with Gasteiger partial charge in [-0.25, -0.2) is 4.99 Å². The van der Waals surface area contributed by atoms with Gasteiger partial charge in [0.2, 0.25) is 0 Å². The maximum absolute atomic E-state index is 11.7. The van der Waals surface area contributed by atoms with Crippen molar-refractivity contribution in [3.05, 3.63) is 35.9 Å². The highest BCUT2D eigenvalue weighted by Gasteiger charge is 2.17. The molecule has 1 aliphatic carbocycles. The van der Waals surface area contributed by atoms with Crippen molar-refractivity contribution >= 4 is 17.4 Å². The molecule has 0 saturated heterocycles. The Balaban J connectivity index is 2.17. The lowest BCUT2D eigenvalue weighted by Gasteiger charge is -2.10. The SMILES string of the molecule is O=C1CCCC/C1=N\C(=O)c1ccccc1. The molecule has 1 amide bonds. The molecular weight excluding hydrogens is 202 g/mol. The molecule has 0 spiro atoms. The smallest absolute Gasteiger partial charge is 0.277 e. The summed E-state index contributed by atoms with van der Waals surface area (Å²) in [7, 11) is 0. The van der Waals surface area contributed by atoms with Crippen LogP contribution >= 0.6 is 0 Å². The number of aliphatic imine (C=N–C) groups is 1. The quantitative estimate of drug-likeness (QED) is 0.722. The predicted octanol–water partition coefficient (Wildman–Crippen LogP) is 2.41. The van der Waals surface area contributed by atoms with Gasteiger partial charge in [0.1, 0.15) is 0 Å². The Kier molecular flexibility index (Phi) is 3.25. The van der Waals surface area contributed by atoms with Crippen LogP contribution in [-0.4, -0.2) is 17.4 Å². The molecule has 0 aromatic heterocycles. The highest BCUT2D eigenvalue weighted by Crippen LogP contribution is 2.13. The van der Waals surface area contributed by atoms with Crippen molar-refractivity contribution in [2.45, 2.75) is 25.7 Å². The second kappa shape index (κ2) is 4.84. The number of amides is 1. The van der Waals surface area contributed by atoms with Gasteiger partial charge in [-0.05, 0) is 31.4 Å². The Labute approximate surface area is 94.2 Å². The van der Waals surface area contributed by atoms with Crippen molar-refractivity contribution in [1.82, 2.24) is 0 Å². The topological polar surface area (TPSA) is 46.5 Å². The van der Waals surface area contributed by atoms with Crippen LogP contribution in [0, 0.1) is 0 Å². The van der Waals surface area contributed by atoms with Crippen LogP contribution in [0.25, 0.3) is 0 Å². The van der Waals surface area contributed by atoms with Gasteiger partial charge in [-0.2, -0.15) is 0 Å². The summed E-state index contributed by atoms with van der Waals surface area (Å²) in [6.45, 7) is 0. The Bertz CT molecular complexity index is 435. The minimum absolute atomic E-state index is 0.0236. The lowest BCUT2D eigenvalue weighted by Crippen LogP contribution is -2.20. The van der Waals surface area contributed by atoms with E-state index in [0.717, 1.165) is 12.8 Å². The van der Waals surface area contributed by atoms with Gasteiger partial charge >= 0.3 is 0 Å². The predicted molar refractivity (Wildman–Crippen MR) is 61.7 cm³/mol. The fourth-order valence-electron chi connectivity index (χ4n) is 1.75. The second-order valence-electron chi connectivity index (χ2n) is 3.86. The largest absolute Gasteiger partial charge is 0.293 e. The average Bonchev–Trinajstić information content (AvgIpc) is 2.33. The Morgan fingerprint density at radius 2 is 1.75 bits per heavy atom. The van der Waals surface area contributed by atoms with Gasteiger partial charge in [-0.1, -0.05) is 18.2 Å². The van der Waals surface area contributed by atoms with Gasteiger partial charge in [0.15, 0.2) is 5.78 Å². The maximum Gasteiger partial charge on any atom is 0.277 e. The van der Waals surface area contributed by atoms with E-state index in [2.05, 4.69) is 4.99 Å². The van der Waals surface area contributed by atoms with E-state index in [1.165, 1.54) is 0 Å². The van der Waals surface area contributed by atoms with Crippen LogP contribution in [-0.2, 0) is 4.79 Å². The Morgan fingerprint density at radius 1 is 1.06 bits per heavy atom. The molecule has 1 saturated carbocycles. The number of rotatable bonds is 1. The summed E-state index contributed by atoms with van der Waals surface area (Å²) < 4.78 is 0. The number of hydrogen-bond acceptors (Lipinski definition) is 2. The van der Waals surface area contributed by atoms with Crippen LogP contribution in [0.1, 0.15) is 36.0 Å². The molecule has 0 atom stereocenters. The van der Waals surface area contributed by atoms with E-state index in [4.69, 9.17) is 0 Å². The van der Waals surface area contributed by atoms with Gasteiger partial charge in [0, 0.05) is 12.0 Å². The lowest BCUT2D eigenvalue weighted by molar-refractivity contribution is -0.113. The second-order valence-corrected chi connectivity index (χ2v) is 3.86. The van der Waals surface area contributed by atoms with E-state index in [1.54, 1.807) is 24.3 Å². The number of carbonyl (C=O) groups excluding carboxylic acids is 2. The van der Waals surface area contributed by atoms with Crippen LogP contribution in [0.4, 0.5) is 0 Å². The fraction of sp³-hybridized carbons (Fsp3) is 0.308. The van der Waals surface area contributed by atoms with Crippen LogP contribution in [0.5, 0.6) is 0 Å². The molecule has 0 heterocycles. The Hall–Kier alpha value is -1.77. The minimum atomic E-state index is -0.314. The molecule has 82 valence electrons. The van der Waals surface area contributed by atoms with E-state index < -0.39 is 0 Å². The molecule has 3 heteroatoms. The minimum Gasteiger partial charge on any atom is -0.293 e. The molecule has 1 fully saturated rings. The number of nitrogens with zero attached hydrogens (tertiary/aromatic N) is 1. The highest BCUT2D eigenvalue weighted by molar-refractivity contribution is 6.42. The first-order valence-corrected chi connectivity index (χ1v) is 5.47.